The maximum atomic E-state index is 5.77. The first-order chi connectivity index (χ1) is 6.74. The lowest BCUT2D eigenvalue weighted by Gasteiger charge is -2.01. The highest BCUT2D eigenvalue weighted by Gasteiger charge is 2.03. The summed E-state index contributed by atoms with van der Waals surface area (Å²) in [5, 5.41) is 0.978. The van der Waals surface area contributed by atoms with Gasteiger partial charge in [-0.15, -0.1) is 0 Å². The van der Waals surface area contributed by atoms with Crippen LogP contribution in [0.1, 0.15) is 0 Å². The van der Waals surface area contributed by atoms with Gasteiger partial charge in [0.05, 0.1) is 0 Å². The van der Waals surface area contributed by atoms with Crippen LogP contribution in [0.25, 0.3) is 0 Å². The maximum Gasteiger partial charge on any atom is 0.399 e. The van der Waals surface area contributed by atoms with Crippen molar-refractivity contribution in [2.75, 3.05) is 0 Å². The number of halogens is 2. The minimum absolute atomic E-state index is 0.100. The molecule has 0 aliphatic carbocycles. The molecule has 1 heterocycles. The molecule has 1 aromatic heterocycles. The number of aromatic nitrogens is 1. The van der Waals surface area contributed by atoms with E-state index in [-0.39, 0.29) is 6.08 Å². The van der Waals surface area contributed by atoms with Crippen molar-refractivity contribution in [1.82, 2.24) is 4.98 Å². The first-order valence-electron chi connectivity index (χ1n) is 3.69. The Morgan fingerprint density at radius 3 is 2.50 bits per heavy atom. The van der Waals surface area contributed by atoms with Crippen LogP contribution in [-0.2, 0) is 0 Å². The predicted molar refractivity (Wildman–Crippen MR) is 51.9 cm³/mol. The number of oxazole rings is 1. The van der Waals surface area contributed by atoms with Crippen molar-refractivity contribution >= 4 is 23.2 Å². The first kappa shape index (κ1) is 9.37. The lowest BCUT2D eigenvalue weighted by atomic mass is 10.3. The summed E-state index contributed by atoms with van der Waals surface area (Å²) in [7, 11) is 0. The van der Waals surface area contributed by atoms with Gasteiger partial charge in [0.15, 0.2) is 0 Å². The Kier molecular flexibility index (Phi) is 2.61. The molecule has 5 heteroatoms. The molecule has 1 radical (unpaired) electrons. The van der Waals surface area contributed by atoms with E-state index in [9.17, 15) is 0 Å². The Bertz CT molecular complexity index is 408. The number of hydrogen-bond donors (Lipinski definition) is 0. The molecule has 71 valence electrons. The molecule has 0 bridgehead atoms. The third kappa shape index (κ3) is 2.19. The lowest BCUT2D eigenvalue weighted by molar-refractivity contribution is 0.331. The number of nitrogens with zero attached hydrogens (tertiary/aromatic N) is 1. The van der Waals surface area contributed by atoms with E-state index in [0.29, 0.717) is 15.8 Å². The Balaban J connectivity index is 2.25. The van der Waals surface area contributed by atoms with Crippen LogP contribution in [-0.4, -0.2) is 4.98 Å². The Labute approximate surface area is 90.2 Å². The number of benzene rings is 1. The fourth-order valence-electron chi connectivity index (χ4n) is 0.917. The summed E-state index contributed by atoms with van der Waals surface area (Å²) in [4.78, 5) is 3.67. The van der Waals surface area contributed by atoms with E-state index in [1.165, 1.54) is 6.26 Å². The molecule has 0 N–H and O–H groups in total. The molecule has 0 aliphatic heterocycles. The van der Waals surface area contributed by atoms with Gasteiger partial charge in [-0.25, -0.2) is 0 Å². The normalized spacial score (nSPS) is 10.1. The topological polar surface area (TPSA) is 35.3 Å². The van der Waals surface area contributed by atoms with Crippen LogP contribution in [0.3, 0.4) is 0 Å². The molecule has 0 amide bonds. The molecule has 3 nitrogen and oxygen atoms in total. The zero-order chi connectivity index (χ0) is 9.97. The molecule has 0 spiro atoms. The van der Waals surface area contributed by atoms with Gasteiger partial charge in [-0.05, 0) is 18.2 Å². The highest BCUT2D eigenvalue weighted by molar-refractivity contribution is 6.34. The molecule has 1 aromatic carbocycles. The quantitative estimate of drug-likeness (QED) is 0.789. The van der Waals surface area contributed by atoms with Crippen LogP contribution in [0.5, 0.6) is 11.8 Å². The molecule has 14 heavy (non-hydrogen) atoms. The van der Waals surface area contributed by atoms with Gasteiger partial charge in [-0.3, -0.25) is 0 Å². The van der Waals surface area contributed by atoms with Gasteiger partial charge < -0.3 is 9.15 Å². The smallest absolute Gasteiger partial charge is 0.399 e. The predicted octanol–water partition coefficient (Wildman–Crippen LogP) is 3.57. The van der Waals surface area contributed by atoms with Gasteiger partial charge in [0.2, 0.25) is 0 Å². The molecule has 0 fully saturated rings. The van der Waals surface area contributed by atoms with E-state index in [1.54, 1.807) is 18.2 Å². The fourth-order valence-corrected chi connectivity index (χ4v) is 1.42. The average molecular weight is 229 g/mol. The molecular formula is C9H4Cl2NO2. The van der Waals surface area contributed by atoms with Crippen LogP contribution in [0.15, 0.2) is 28.9 Å². The summed E-state index contributed by atoms with van der Waals surface area (Å²) in [5.41, 5.74) is 0. The zero-order valence-corrected chi connectivity index (χ0v) is 8.34. The standard InChI is InChI=1S/C9H4Cl2NO2/c10-6-3-7(11)5-8(4-6)14-9-12-1-2-13-9/h2-5H. The molecular weight excluding hydrogens is 225 g/mol. The van der Waals surface area contributed by atoms with E-state index in [4.69, 9.17) is 32.4 Å². The second-order valence-electron chi connectivity index (χ2n) is 2.45. The van der Waals surface area contributed by atoms with Crippen molar-refractivity contribution in [3.8, 4) is 11.8 Å². The molecule has 0 saturated carbocycles. The molecule has 2 rings (SSSR count). The molecule has 0 saturated heterocycles. The Morgan fingerprint density at radius 1 is 1.21 bits per heavy atom. The summed E-state index contributed by atoms with van der Waals surface area (Å²) in [6, 6.07) is 4.83. The second kappa shape index (κ2) is 3.90. The van der Waals surface area contributed by atoms with Crippen LogP contribution >= 0.6 is 23.2 Å². The highest BCUT2D eigenvalue weighted by atomic mass is 35.5. The lowest BCUT2D eigenvalue weighted by Crippen LogP contribution is -1.83. The van der Waals surface area contributed by atoms with E-state index >= 15 is 0 Å². The van der Waals surface area contributed by atoms with Gasteiger partial charge in [0.25, 0.3) is 0 Å². The van der Waals surface area contributed by atoms with Gasteiger partial charge in [-0.1, -0.05) is 23.2 Å². The van der Waals surface area contributed by atoms with Gasteiger partial charge >= 0.3 is 6.08 Å². The van der Waals surface area contributed by atoms with Gasteiger partial charge in [0.1, 0.15) is 18.2 Å². The van der Waals surface area contributed by atoms with Crippen molar-refractivity contribution in [3.05, 3.63) is 40.7 Å². The SMILES string of the molecule is Clc1cc(Cl)cc(Oc2n[c]co2)c1. The van der Waals surface area contributed by atoms with Crippen molar-refractivity contribution in [2.45, 2.75) is 0 Å². The van der Waals surface area contributed by atoms with Gasteiger partial charge in [-0.2, -0.15) is 4.98 Å². The molecule has 0 atom stereocenters. The molecule has 0 unspecified atom stereocenters. The third-order valence-electron chi connectivity index (χ3n) is 1.41. The summed E-state index contributed by atoms with van der Waals surface area (Å²) in [5.74, 6) is 0.471. The monoisotopic (exact) mass is 228 g/mol. The number of rotatable bonds is 2. The van der Waals surface area contributed by atoms with Crippen LogP contribution in [0, 0.1) is 6.20 Å². The van der Waals surface area contributed by atoms with Crippen molar-refractivity contribution in [3.63, 3.8) is 0 Å². The second-order valence-corrected chi connectivity index (χ2v) is 3.32. The van der Waals surface area contributed by atoms with E-state index in [1.807, 2.05) is 0 Å². The third-order valence-corrected chi connectivity index (χ3v) is 1.85. The largest absolute Gasteiger partial charge is 0.417 e. The number of hydrogen-bond acceptors (Lipinski definition) is 3. The summed E-state index contributed by atoms with van der Waals surface area (Å²) in [6.07, 6.45) is 3.87. The summed E-state index contributed by atoms with van der Waals surface area (Å²) >= 11 is 11.5. The Morgan fingerprint density at radius 2 is 1.93 bits per heavy atom. The molecule has 0 aliphatic rings. The summed E-state index contributed by atoms with van der Waals surface area (Å²) in [6.45, 7) is 0. The number of ether oxygens (including phenoxy) is 1. The average Bonchev–Trinajstić information content (AvgIpc) is 2.54. The zero-order valence-electron chi connectivity index (χ0n) is 6.83. The summed E-state index contributed by atoms with van der Waals surface area (Å²) < 4.78 is 10.0. The highest BCUT2D eigenvalue weighted by Crippen LogP contribution is 2.27. The van der Waals surface area contributed by atoms with Crippen molar-refractivity contribution in [1.29, 1.82) is 0 Å². The van der Waals surface area contributed by atoms with Crippen LogP contribution in [0.2, 0.25) is 10.0 Å². The molecule has 2 aromatic rings. The van der Waals surface area contributed by atoms with E-state index in [2.05, 4.69) is 11.2 Å². The van der Waals surface area contributed by atoms with Crippen LogP contribution in [0.4, 0.5) is 0 Å². The van der Waals surface area contributed by atoms with Crippen LogP contribution < -0.4 is 4.74 Å². The van der Waals surface area contributed by atoms with Crippen molar-refractivity contribution < 1.29 is 9.15 Å². The fraction of sp³-hybridized carbons (Fsp3) is 0. The minimum Gasteiger partial charge on any atom is -0.417 e. The maximum absolute atomic E-state index is 5.77. The van der Waals surface area contributed by atoms with Crippen molar-refractivity contribution in [2.24, 2.45) is 0 Å². The van der Waals surface area contributed by atoms with Gasteiger partial charge in [0, 0.05) is 10.0 Å². The van der Waals surface area contributed by atoms with E-state index < -0.39 is 0 Å². The van der Waals surface area contributed by atoms with E-state index in [0.717, 1.165) is 0 Å². The Hall–Kier alpha value is -1.19. The first-order valence-corrected chi connectivity index (χ1v) is 4.45. The minimum atomic E-state index is 0.100.